The lowest BCUT2D eigenvalue weighted by Gasteiger charge is -2.22. The Morgan fingerprint density at radius 1 is 1.20 bits per heavy atom. The van der Waals surface area contributed by atoms with Gasteiger partial charge < -0.3 is 0 Å². The second kappa shape index (κ2) is 4.45. The lowest BCUT2D eigenvalue weighted by Crippen LogP contribution is -2.18. The summed E-state index contributed by atoms with van der Waals surface area (Å²) >= 11 is 2.28. The predicted octanol–water partition coefficient (Wildman–Crippen LogP) is 3.40. The van der Waals surface area contributed by atoms with E-state index >= 15 is 0 Å². The van der Waals surface area contributed by atoms with E-state index in [1.54, 1.807) is 6.08 Å². The Hall–Kier alpha value is -0.670. The van der Waals surface area contributed by atoms with Gasteiger partial charge in [0.2, 0.25) is 6.08 Å². The van der Waals surface area contributed by atoms with Gasteiger partial charge in [0.25, 0.3) is 0 Å². The normalized spacial score (nSPS) is 18.5. The molecule has 0 spiro atoms. The van der Waals surface area contributed by atoms with Crippen LogP contribution < -0.4 is 0 Å². The standard InChI is InChI=1S/C12H12INO/c13-11-5-3-10(4-6-11)12(14-9-15)7-1-2-8-12/h3-6H,1-2,7-8H2. The lowest BCUT2D eigenvalue weighted by molar-refractivity contribution is 0.456. The Balaban J connectivity index is 2.40. The molecule has 1 aliphatic carbocycles. The molecule has 0 saturated heterocycles. The molecule has 1 saturated carbocycles. The van der Waals surface area contributed by atoms with Crippen LogP contribution >= 0.6 is 22.6 Å². The Labute approximate surface area is 103 Å². The van der Waals surface area contributed by atoms with Crippen molar-refractivity contribution < 1.29 is 4.79 Å². The number of hydrogen-bond donors (Lipinski definition) is 0. The molecular weight excluding hydrogens is 301 g/mol. The van der Waals surface area contributed by atoms with Gasteiger partial charge in [0, 0.05) is 3.57 Å². The molecule has 15 heavy (non-hydrogen) atoms. The lowest BCUT2D eigenvalue weighted by atomic mass is 9.89. The van der Waals surface area contributed by atoms with Crippen LogP contribution in [-0.4, -0.2) is 6.08 Å². The van der Waals surface area contributed by atoms with Crippen LogP contribution in [0.25, 0.3) is 0 Å². The zero-order valence-electron chi connectivity index (χ0n) is 8.37. The number of carbonyl (C=O) groups excluding carboxylic acids is 1. The maximum Gasteiger partial charge on any atom is 0.235 e. The van der Waals surface area contributed by atoms with Crippen molar-refractivity contribution in [3.8, 4) is 0 Å². The molecule has 2 nitrogen and oxygen atoms in total. The third kappa shape index (κ3) is 2.13. The second-order valence-corrected chi connectivity index (χ2v) is 5.19. The van der Waals surface area contributed by atoms with Crippen LogP contribution in [0.2, 0.25) is 0 Å². The number of hydrogen-bond acceptors (Lipinski definition) is 2. The summed E-state index contributed by atoms with van der Waals surface area (Å²) in [6.45, 7) is 0. The van der Waals surface area contributed by atoms with Crippen molar-refractivity contribution >= 4 is 28.7 Å². The van der Waals surface area contributed by atoms with Crippen LogP contribution in [0.5, 0.6) is 0 Å². The van der Waals surface area contributed by atoms with Crippen molar-refractivity contribution in [1.29, 1.82) is 0 Å². The predicted molar refractivity (Wildman–Crippen MR) is 67.4 cm³/mol. The molecule has 78 valence electrons. The first kappa shape index (κ1) is 10.8. The molecule has 0 heterocycles. The molecule has 0 aromatic heterocycles. The van der Waals surface area contributed by atoms with Gasteiger partial charge in [-0.25, -0.2) is 4.79 Å². The highest BCUT2D eigenvalue weighted by Crippen LogP contribution is 2.41. The summed E-state index contributed by atoms with van der Waals surface area (Å²) in [5.74, 6) is 0. The summed E-state index contributed by atoms with van der Waals surface area (Å²) in [7, 11) is 0. The average molecular weight is 313 g/mol. The fourth-order valence-corrected chi connectivity index (χ4v) is 2.63. The van der Waals surface area contributed by atoms with Gasteiger partial charge in [-0.2, -0.15) is 4.99 Å². The number of halogens is 1. The number of rotatable bonds is 2. The zero-order valence-corrected chi connectivity index (χ0v) is 10.5. The number of benzene rings is 1. The SMILES string of the molecule is O=C=NC1(c2ccc(I)cc2)CCCC1. The third-order valence-electron chi connectivity index (χ3n) is 3.07. The molecule has 3 heteroatoms. The molecule has 1 aliphatic rings. The summed E-state index contributed by atoms with van der Waals surface area (Å²) in [6.07, 6.45) is 5.99. The maximum absolute atomic E-state index is 10.5. The van der Waals surface area contributed by atoms with E-state index in [9.17, 15) is 4.79 Å². The van der Waals surface area contributed by atoms with Crippen molar-refractivity contribution in [3.63, 3.8) is 0 Å². The highest BCUT2D eigenvalue weighted by atomic mass is 127. The Morgan fingerprint density at radius 3 is 2.33 bits per heavy atom. The minimum atomic E-state index is -0.272. The average Bonchev–Trinajstić information content (AvgIpc) is 2.69. The number of nitrogens with zero attached hydrogens (tertiary/aromatic N) is 1. The minimum absolute atomic E-state index is 0.272. The van der Waals surface area contributed by atoms with Crippen molar-refractivity contribution in [2.24, 2.45) is 4.99 Å². The topological polar surface area (TPSA) is 29.4 Å². The van der Waals surface area contributed by atoms with Crippen LogP contribution in [0.1, 0.15) is 31.2 Å². The van der Waals surface area contributed by atoms with Gasteiger partial charge >= 0.3 is 0 Å². The molecule has 0 aliphatic heterocycles. The van der Waals surface area contributed by atoms with Gasteiger partial charge in [0.1, 0.15) is 0 Å². The zero-order chi connectivity index (χ0) is 10.7. The molecule has 0 N–H and O–H groups in total. The van der Waals surface area contributed by atoms with E-state index in [2.05, 4.69) is 51.8 Å². The van der Waals surface area contributed by atoms with E-state index < -0.39 is 0 Å². The maximum atomic E-state index is 10.5. The molecule has 1 aromatic carbocycles. The van der Waals surface area contributed by atoms with Crippen LogP contribution in [0.3, 0.4) is 0 Å². The quantitative estimate of drug-likeness (QED) is 0.467. The molecule has 0 amide bonds. The van der Waals surface area contributed by atoms with E-state index in [1.165, 1.54) is 3.57 Å². The smallest absolute Gasteiger partial charge is 0.211 e. The first-order valence-corrected chi connectivity index (χ1v) is 6.20. The monoisotopic (exact) mass is 313 g/mol. The number of isocyanates is 1. The van der Waals surface area contributed by atoms with Crippen molar-refractivity contribution in [2.45, 2.75) is 31.2 Å². The summed E-state index contributed by atoms with van der Waals surface area (Å²) in [5.41, 5.74) is 0.885. The van der Waals surface area contributed by atoms with Gasteiger partial charge in [-0.15, -0.1) is 0 Å². The fourth-order valence-electron chi connectivity index (χ4n) is 2.27. The summed E-state index contributed by atoms with van der Waals surface area (Å²) in [5, 5.41) is 0. The molecule has 0 atom stereocenters. The van der Waals surface area contributed by atoms with Crippen LogP contribution in [-0.2, 0) is 10.3 Å². The van der Waals surface area contributed by atoms with Crippen LogP contribution in [0, 0.1) is 3.57 Å². The molecule has 0 unspecified atom stereocenters. The van der Waals surface area contributed by atoms with Crippen molar-refractivity contribution in [3.05, 3.63) is 33.4 Å². The first-order valence-electron chi connectivity index (χ1n) is 5.12. The molecule has 0 radical (unpaired) electrons. The van der Waals surface area contributed by atoms with Gasteiger partial charge in [-0.1, -0.05) is 25.0 Å². The minimum Gasteiger partial charge on any atom is -0.211 e. The van der Waals surface area contributed by atoms with Gasteiger partial charge in [-0.3, -0.25) is 0 Å². The van der Waals surface area contributed by atoms with Crippen LogP contribution in [0.4, 0.5) is 0 Å². The van der Waals surface area contributed by atoms with Crippen molar-refractivity contribution in [1.82, 2.24) is 0 Å². The molecule has 0 bridgehead atoms. The largest absolute Gasteiger partial charge is 0.235 e. The third-order valence-corrected chi connectivity index (χ3v) is 3.79. The molecule has 1 fully saturated rings. The second-order valence-electron chi connectivity index (χ2n) is 3.95. The fraction of sp³-hybridized carbons (Fsp3) is 0.417. The molecule has 1 aromatic rings. The summed E-state index contributed by atoms with van der Waals surface area (Å²) in [6, 6.07) is 8.29. The van der Waals surface area contributed by atoms with Gasteiger partial charge in [0.05, 0.1) is 5.54 Å². The molecule has 2 rings (SSSR count). The van der Waals surface area contributed by atoms with Gasteiger partial charge in [-0.05, 0) is 53.1 Å². The highest BCUT2D eigenvalue weighted by Gasteiger charge is 2.35. The molecular formula is C12H12INO. The van der Waals surface area contributed by atoms with E-state index in [-0.39, 0.29) is 5.54 Å². The van der Waals surface area contributed by atoms with Crippen LogP contribution in [0.15, 0.2) is 29.3 Å². The van der Waals surface area contributed by atoms with E-state index in [4.69, 9.17) is 0 Å². The van der Waals surface area contributed by atoms with E-state index in [1.807, 2.05) is 0 Å². The highest BCUT2D eigenvalue weighted by molar-refractivity contribution is 14.1. The number of aliphatic imine (C=N–C) groups is 1. The van der Waals surface area contributed by atoms with E-state index in [0.29, 0.717) is 0 Å². The summed E-state index contributed by atoms with van der Waals surface area (Å²) < 4.78 is 1.21. The Morgan fingerprint density at radius 2 is 1.80 bits per heavy atom. The first-order chi connectivity index (χ1) is 7.27. The summed E-state index contributed by atoms with van der Waals surface area (Å²) in [4.78, 5) is 14.6. The van der Waals surface area contributed by atoms with Crippen molar-refractivity contribution in [2.75, 3.05) is 0 Å². The Bertz CT molecular complexity index is 387. The van der Waals surface area contributed by atoms with Gasteiger partial charge in [0.15, 0.2) is 0 Å². The van der Waals surface area contributed by atoms with E-state index in [0.717, 1.165) is 31.2 Å². The Kier molecular flexibility index (Phi) is 3.22.